The van der Waals surface area contributed by atoms with Gasteiger partial charge in [-0.15, -0.1) is 0 Å². The van der Waals surface area contributed by atoms with Gasteiger partial charge < -0.3 is 9.73 Å². The molecule has 0 atom stereocenters. The Morgan fingerprint density at radius 3 is 2.35 bits per heavy atom. The average molecular weight is 376 g/mol. The second-order valence-electron chi connectivity index (χ2n) is 6.47. The second kappa shape index (κ2) is 8.51. The van der Waals surface area contributed by atoms with Gasteiger partial charge in [-0.3, -0.25) is 4.79 Å². The Morgan fingerprint density at radius 1 is 1.04 bits per heavy atom. The first kappa shape index (κ1) is 18.7. The summed E-state index contributed by atoms with van der Waals surface area (Å²) in [6.07, 6.45) is 6.38. The summed E-state index contributed by atoms with van der Waals surface area (Å²) in [7, 11) is -3.46. The molecule has 0 saturated carbocycles. The predicted molar refractivity (Wildman–Crippen MR) is 99.3 cm³/mol. The van der Waals surface area contributed by atoms with Crippen molar-refractivity contribution < 1.29 is 17.6 Å². The summed E-state index contributed by atoms with van der Waals surface area (Å²) < 4.78 is 32.2. The Labute approximate surface area is 154 Å². The van der Waals surface area contributed by atoms with E-state index in [0.29, 0.717) is 31.6 Å². The number of anilines is 1. The van der Waals surface area contributed by atoms with Crippen LogP contribution in [0.5, 0.6) is 0 Å². The number of hydrogen-bond donors (Lipinski definition) is 1. The third-order valence-corrected chi connectivity index (χ3v) is 6.43. The molecule has 1 amide bonds. The highest BCUT2D eigenvalue weighted by atomic mass is 32.2. The number of sulfonamides is 1. The van der Waals surface area contributed by atoms with E-state index in [1.807, 2.05) is 6.07 Å². The number of nitrogens with zero attached hydrogens (tertiary/aromatic N) is 1. The van der Waals surface area contributed by atoms with E-state index in [-0.39, 0.29) is 10.8 Å². The molecular weight excluding hydrogens is 352 g/mol. The molecule has 1 aromatic carbocycles. The largest absolute Gasteiger partial charge is 0.469 e. The zero-order chi connectivity index (χ0) is 18.4. The zero-order valence-corrected chi connectivity index (χ0v) is 15.5. The highest BCUT2D eigenvalue weighted by molar-refractivity contribution is 7.89. The molecule has 2 aromatic rings. The molecule has 1 N–H and O–H groups in total. The van der Waals surface area contributed by atoms with Crippen molar-refractivity contribution in [3.63, 3.8) is 0 Å². The third-order valence-electron chi connectivity index (χ3n) is 4.52. The van der Waals surface area contributed by atoms with Crippen molar-refractivity contribution in [2.24, 2.45) is 0 Å². The van der Waals surface area contributed by atoms with Crippen LogP contribution >= 0.6 is 0 Å². The maximum atomic E-state index is 12.7. The van der Waals surface area contributed by atoms with E-state index in [2.05, 4.69) is 5.32 Å². The lowest BCUT2D eigenvalue weighted by molar-refractivity contribution is -0.116. The molecule has 7 heteroatoms. The normalized spacial score (nSPS) is 16.2. The first-order valence-electron chi connectivity index (χ1n) is 8.98. The van der Waals surface area contributed by atoms with Crippen LogP contribution < -0.4 is 5.32 Å². The lowest BCUT2D eigenvalue weighted by atomic mass is 10.2. The Morgan fingerprint density at radius 2 is 1.73 bits per heavy atom. The van der Waals surface area contributed by atoms with E-state index < -0.39 is 10.0 Å². The van der Waals surface area contributed by atoms with E-state index in [4.69, 9.17) is 4.42 Å². The molecule has 2 heterocycles. The van der Waals surface area contributed by atoms with Gasteiger partial charge in [0.2, 0.25) is 15.9 Å². The molecule has 0 spiro atoms. The van der Waals surface area contributed by atoms with Crippen molar-refractivity contribution in [3.8, 4) is 0 Å². The van der Waals surface area contributed by atoms with E-state index in [9.17, 15) is 13.2 Å². The summed E-state index contributed by atoms with van der Waals surface area (Å²) in [6.45, 7) is 1.15. The maximum absolute atomic E-state index is 12.7. The van der Waals surface area contributed by atoms with E-state index in [0.717, 1.165) is 31.4 Å². The fraction of sp³-hybridized carbons (Fsp3) is 0.421. The lowest BCUT2D eigenvalue weighted by Gasteiger charge is -2.20. The molecule has 1 saturated heterocycles. The van der Waals surface area contributed by atoms with Gasteiger partial charge in [0.1, 0.15) is 5.76 Å². The number of amides is 1. The molecule has 0 unspecified atom stereocenters. The molecule has 1 aromatic heterocycles. The van der Waals surface area contributed by atoms with Gasteiger partial charge in [-0.25, -0.2) is 8.42 Å². The van der Waals surface area contributed by atoms with Crippen molar-refractivity contribution >= 4 is 21.6 Å². The van der Waals surface area contributed by atoms with E-state index in [1.165, 1.54) is 0 Å². The number of benzene rings is 1. The highest BCUT2D eigenvalue weighted by Crippen LogP contribution is 2.22. The summed E-state index contributed by atoms with van der Waals surface area (Å²) in [5, 5.41) is 2.78. The summed E-state index contributed by atoms with van der Waals surface area (Å²) in [4.78, 5) is 12.3. The van der Waals surface area contributed by atoms with Gasteiger partial charge in [-0.05, 0) is 49.2 Å². The van der Waals surface area contributed by atoms with Gasteiger partial charge in [0, 0.05) is 31.6 Å². The van der Waals surface area contributed by atoms with Crippen molar-refractivity contribution in [1.82, 2.24) is 4.31 Å². The summed E-state index contributed by atoms with van der Waals surface area (Å²) in [6, 6.07) is 10.0. The van der Waals surface area contributed by atoms with Gasteiger partial charge in [0.25, 0.3) is 0 Å². The summed E-state index contributed by atoms with van der Waals surface area (Å²) in [5.41, 5.74) is 0.587. The molecule has 0 aliphatic carbocycles. The average Bonchev–Trinajstić information content (AvgIpc) is 3.00. The topological polar surface area (TPSA) is 79.6 Å². The smallest absolute Gasteiger partial charge is 0.243 e. The SMILES string of the molecule is O=C(CCc1ccco1)Nc1ccc(S(=O)(=O)N2CCCCCC2)cc1. The predicted octanol–water partition coefficient (Wildman–Crippen LogP) is 3.42. The summed E-state index contributed by atoms with van der Waals surface area (Å²) in [5.74, 6) is 0.628. The second-order valence-corrected chi connectivity index (χ2v) is 8.41. The zero-order valence-electron chi connectivity index (χ0n) is 14.7. The maximum Gasteiger partial charge on any atom is 0.243 e. The van der Waals surface area contributed by atoms with Crippen LogP contribution in [0.15, 0.2) is 52.0 Å². The van der Waals surface area contributed by atoms with Crippen molar-refractivity contribution in [2.45, 2.75) is 43.4 Å². The minimum absolute atomic E-state index is 0.135. The molecule has 1 aliphatic rings. The van der Waals surface area contributed by atoms with Crippen molar-refractivity contribution in [1.29, 1.82) is 0 Å². The van der Waals surface area contributed by atoms with Crippen LogP contribution in [-0.2, 0) is 21.2 Å². The monoisotopic (exact) mass is 376 g/mol. The van der Waals surface area contributed by atoms with E-state index >= 15 is 0 Å². The molecule has 3 rings (SSSR count). The summed E-state index contributed by atoms with van der Waals surface area (Å²) >= 11 is 0. The fourth-order valence-electron chi connectivity index (χ4n) is 3.06. The lowest BCUT2D eigenvalue weighted by Crippen LogP contribution is -2.31. The number of furan rings is 1. The Bertz CT molecular complexity index is 806. The first-order chi connectivity index (χ1) is 12.6. The van der Waals surface area contributed by atoms with Crippen LogP contribution in [0.2, 0.25) is 0 Å². The Kier molecular flexibility index (Phi) is 6.11. The molecule has 0 radical (unpaired) electrons. The number of hydrogen-bond acceptors (Lipinski definition) is 4. The van der Waals surface area contributed by atoms with E-state index in [1.54, 1.807) is 40.9 Å². The Balaban J connectivity index is 1.59. The van der Waals surface area contributed by atoms with Crippen LogP contribution in [0, 0.1) is 0 Å². The number of carbonyl (C=O) groups is 1. The van der Waals surface area contributed by atoms with Gasteiger partial charge in [-0.1, -0.05) is 12.8 Å². The number of aryl methyl sites for hydroxylation is 1. The molecule has 26 heavy (non-hydrogen) atoms. The molecule has 140 valence electrons. The minimum Gasteiger partial charge on any atom is -0.469 e. The van der Waals surface area contributed by atoms with Crippen molar-refractivity contribution in [2.75, 3.05) is 18.4 Å². The molecule has 6 nitrogen and oxygen atoms in total. The number of rotatable bonds is 6. The standard InChI is InChI=1S/C19H24N2O4S/c22-19(12-9-17-6-5-15-25-17)20-16-7-10-18(11-8-16)26(23,24)21-13-3-1-2-4-14-21/h5-8,10-11,15H,1-4,9,12-14H2,(H,20,22). The van der Waals surface area contributed by atoms with Gasteiger partial charge >= 0.3 is 0 Å². The van der Waals surface area contributed by atoms with Crippen LogP contribution in [0.3, 0.4) is 0 Å². The fourth-order valence-corrected chi connectivity index (χ4v) is 4.57. The Hall–Kier alpha value is -2.12. The minimum atomic E-state index is -3.46. The number of carbonyl (C=O) groups excluding carboxylic acids is 1. The van der Waals surface area contributed by atoms with Crippen LogP contribution in [0.1, 0.15) is 37.9 Å². The molecule has 1 aliphatic heterocycles. The highest BCUT2D eigenvalue weighted by Gasteiger charge is 2.24. The van der Waals surface area contributed by atoms with Crippen LogP contribution in [0.4, 0.5) is 5.69 Å². The van der Waals surface area contributed by atoms with Crippen molar-refractivity contribution in [3.05, 3.63) is 48.4 Å². The van der Waals surface area contributed by atoms with Gasteiger partial charge in [0.05, 0.1) is 11.2 Å². The quantitative estimate of drug-likeness (QED) is 0.838. The first-order valence-corrected chi connectivity index (χ1v) is 10.4. The molecule has 0 bridgehead atoms. The third kappa shape index (κ3) is 4.74. The van der Waals surface area contributed by atoms with Crippen LogP contribution in [-0.4, -0.2) is 31.7 Å². The van der Waals surface area contributed by atoms with Gasteiger partial charge in [0.15, 0.2) is 0 Å². The molecular formula is C19H24N2O4S. The number of nitrogens with one attached hydrogen (secondary N) is 1. The van der Waals surface area contributed by atoms with Crippen LogP contribution in [0.25, 0.3) is 0 Å². The van der Waals surface area contributed by atoms with Gasteiger partial charge in [-0.2, -0.15) is 4.31 Å². The molecule has 1 fully saturated rings.